The highest BCUT2D eigenvalue weighted by atomic mass is 31.2. The van der Waals surface area contributed by atoms with Crippen molar-refractivity contribution in [2.75, 3.05) is 24.8 Å². The third kappa shape index (κ3) is 10.4. The van der Waals surface area contributed by atoms with E-state index >= 15 is 0 Å². The van der Waals surface area contributed by atoms with Crippen LogP contribution >= 0.6 is 7.26 Å². The van der Waals surface area contributed by atoms with Gasteiger partial charge in [0.2, 0.25) is 0 Å². The van der Waals surface area contributed by atoms with Crippen molar-refractivity contribution in [3.8, 4) is 0 Å². The van der Waals surface area contributed by atoms with Gasteiger partial charge in [0.15, 0.2) is 0 Å². The average Bonchev–Trinajstić information content (AvgIpc) is 2.35. The van der Waals surface area contributed by atoms with Crippen LogP contribution in [0, 0.1) is 0 Å². The summed E-state index contributed by atoms with van der Waals surface area (Å²) in [6.07, 6.45) is -4.24. The van der Waals surface area contributed by atoms with Crippen molar-refractivity contribution in [1.82, 2.24) is 5.32 Å². The summed E-state index contributed by atoms with van der Waals surface area (Å²) in [7, 11) is -2.49. The maximum atomic E-state index is 10.7. The van der Waals surface area contributed by atoms with Crippen molar-refractivity contribution in [2.24, 2.45) is 0 Å². The Morgan fingerprint density at radius 1 is 0.773 bits per heavy atom. The molecule has 0 rings (SSSR count). The predicted octanol–water partition coefficient (Wildman–Crippen LogP) is -1.44. The number of carbonyl (C=O) groups is 3. The molecule has 0 aromatic rings. The molecule has 0 unspecified atom stereocenters. The lowest BCUT2D eigenvalue weighted by molar-refractivity contribution is -0.329. The molecule has 0 aliphatic rings. The van der Waals surface area contributed by atoms with E-state index < -0.39 is 31.3 Å². The lowest BCUT2D eigenvalue weighted by Crippen LogP contribution is -2.46. The summed E-state index contributed by atoms with van der Waals surface area (Å²) in [5.74, 6) is -3.38. The van der Waals surface area contributed by atoms with E-state index in [9.17, 15) is 14.4 Å². The second-order valence-electron chi connectivity index (χ2n) is 4.91. The molecular formula is C11H21NO9P+. The van der Waals surface area contributed by atoms with E-state index in [2.05, 4.69) is 0 Å². The van der Waals surface area contributed by atoms with Crippen LogP contribution in [0.4, 0.5) is 0 Å². The molecule has 10 nitrogen and oxygen atoms in total. The standard InChI is InChI=1S/C11H20NO9P/c13-8(14)1-4-22(5-2-9(15)16,6-3-10(17)18)7-12-11(19,20)21/h12,19-21H,1-7H2,(H2-,13,14,15,16,17,18)/p+1. The number of carboxylic acids is 3. The zero-order valence-electron chi connectivity index (χ0n) is 11.8. The second-order valence-corrected chi connectivity index (χ2v) is 9.26. The zero-order valence-corrected chi connectivity index (χ0v) is 12.7. The van der Waals surface area contributed by atoms with Gasteiger partial charge in [0.25, 0.3) is 0 Å². The number of aliphatic carboxylic acids is 3. The third-order valence-corrected chi connectivity index (χ3v) is 7.40. The molecule has 11 heteroatoms. The minimum absolute atomic E-state index is 0.0337. The summed E-state index contributed by atoms with van der Waals surface area (Å²) in [5, 5.41) is 54.9. The van der Waals surface area contributed by atoms with Crippen molar-refractivity contribution < 1.29 is 45.0 Å². The normalized spacial score (nSPS) is 12.1. The van der Waals surface area contributed by atoms with Crippen LogP contribution in [0.3, 0.4) is 0 Å². The Labute approximate surface area is 126 Å². The SMILES string of the molecule is O=C(O)CC[P+](CCC(=O)O)(CCC(=O)O)CNC(O)(O)O. The van der Waals surface area contributed by atoms with Gasteiger partial charge in [-0.05, 0) is 0 Å². The Balaban J connectivity index is 5.11. The van der Waals surface area contributed by atoms with E-state index in [0.717, 1.165) is 0 Å². The first kappa shape index (κ1) is 20.7. The highest BCUT2D eigenvalue weighted by molar-refractivity contribution is 7.75. The van der Waals surface area contributed by atoms with Gasteiger partial charge in [0.05, 0.1) is 37.7 Å². The van der Waals surface area contributed by atoms with E-state index in [1.54, 1.807) is 0 Å². The molecule has 0 aromatic heterocycles. The summed E-state index contributed by atoms with van der Waals surface area (Å²) in [6.45, 7) is 0. The fourth-order valence-corrected chi connectivity index (χ4v) is 5.53. The van der Waals surface area contributed by atoms with E-state index in [1.165, 1.54) is 0 Å². The Morgan fingerprint density at radius 2 is 1.09 bits per heavy atom. The number of hydrogen-bond acceptors (Lipinski definition) is 7. The number of carboxylic acid groups (broad SMARTS) is 3. The zero-order chi connectivity index (χ0) is 17.4. The van der Waals surface area contributed by atoms with Gasteiger partial charge in [-0.3, -0.25) is 14.4 Å². The molecule has 0 radical (unpaired) electrons. The molecule has 0 fully saturated rings. The largest absolute Gasteiger partial charge is 0.481 e. The molecule has 7 N–H and O–H groups in total. The van der Waals surface area contributed by atoms with Gasteiger partial charge >= 0.3 is 24.0 Å². The van der Waals surface area contributed by atoms with Gasteiger partial charge < -0.3 is 30.6 Å². The predicted molar refractivity (Wildman–Crippen MR) is 75.7 cm³/mol. The molecule has 0 amide bonds. The lowest BCUT2D eigenvalue weighted by Gasteiger charge is -2.28. The van der Waals surface area contributed by atoms with Gasteiger partial charge in [0, 0.05) is 7.26 Å². The van der Waals surface area contributed by atoms with Crippen LogP contribution in [0.5, 0.6) is 0 Å². The Bertz CT molecular complexity index is 361. The van der Waals surface area contributed by atoms with Crippen molar-refractivity contribution in [1.29, 1.82) is 0 Å². The molecule has 0 aromatic carbocycles. The fraction of sp³-hybridized carbons (Fsp3) is 0.727. The molecule has 0 atom stereocenters. The Kier molecular flexibility index (Phi) is 8.43. The molecule has 0 bridgehead atoms. The van der Waals surface area contributed by atoms with Gasteiger partial charge in [0.1, 0.15) is 6.29 Å². The third-order valence-electron chi connectivity index (χ3n) is 3.05. The van der Waals surface area contributed by atoms with Gasteiger partial charge in [-0.2, -0.15) is 0 Å². The summed E-state index contributed by atoms with van der Waals surface area (Å²) in [4.78, 5) is 32.2. The molecule has 0 saturated carbocycles. The Morgan fingerprint density at radius 3 is 1.32 bits per heavy atom. The molecule has 0 aliphatic carbocycles. The second kappa shape index (κ2) is 8.96. The van der Waals surface area contributed by atoms with Gasteiger partial charge in [-0.25, -0.2) is 5.32 Å². The van der Waals surface area contributed by atoms with Crippen molar-refractivity contribution in [2.45, 2.75) is 25.4 Å². The lowest BCUT2D eigenvalue weighted by atomic mass is 10.5. The van der Waals surface area contributed by atoms with E-state index in [1.807, 2.05) is 5.32 Å². The van der Waals surface area contributed by atoms with E-state index in [0.29, 0.717) is 0 Å². The number of rotatable bonds is 12. The summed E-state index contributed by atoms with van der Waals surface area (Å²) in [5.41, 5.74) is 0. The van der Waals surface area contributed by atoms with Crippen LogP contribution in [0.25, 0.3) is 0 Å². The molecule has 0 aliphatic heterocycles. The first-order chi connectivity index (χ1) is 9.96. The fourth-order valence-electron chi connectivity index (χ4n) is 1.84. The maximum absolute atomic E-state index is 10.7. The van der Waals surface area contributed by atoms with E-state index in [4.69, 9.17) is 30.6 Å². The number of aliphatic hydroxyl groups is 3. The van der Waals surface area contributed by atoms with Crippen LogP contribution in [0.1, 0.15) is 19.3 Å². The van der Waals surface area contributed by atoms with Gasteiger partial charge in [-0.15, -0.1) is 0 Å². The van der Waals surface area contributed by atoms with Crippen molar-refractivity contribution >= 4 is 25.2 Å². The molecule has 0 saturated heterocycles. The minimum Gasteiger partial charge on any atom is -0.481 e. The molecule has 128 valence electrons. The maximum Gasteiger partial charge on any atom is 0.345 e. The van der Waals surface area contributed by atoms with Crippen LogP contribution in [-0.4, -0.2) is 79.4 Å². The molecular weight excluding hydrogens is 321 g/mol. The van der Waals surface area contributed by atoms with Crippen LogP contribution in [0.15, 0.2) is 0 Å². The van der Waals surface area contributed by atoms with Gasteiger partial charge in [-0.1, -0.05) is 0 Å². The Hall–Kier alpha value is -1.32. The summed E-state index contributed by atoms with van der Waals surface area (Å²) >= 11 is 0. The minimum atomic E-state index is -3.19. The number of hydrogen-bond donors (Lipinski definition) is 7. The van der Waals surface area contributed by atoms with Crippen LogP contribution in [0.2, 0.25) is 0 Å². The summed E-state index contributed by atoms with van der Waals surface area (Å²) in [6, 6.07) is 0. The first-order valence-electron chi connectivity index (χ1n) is 6.38. The first-order valence-corrected chi connectivity index (χ1v) is 8.91. The molecule has 0 spiro atoms. The highest BCUT2D eigenvalue weighted by Gasteiger charge is 2.40. The molecule has 22 heavy (non-hydrogen) atoms. The smallest absolute Gasteiger partial charge is 0.345 e. The average molecular weight is 342 g/mol. The quantitative estimate of drug-likeness (QED) is 0.164. The van der Waals surface area contributed by atoms with Crippen molar-refractivity contribution in [3.05, 3.63) is 0 Å². The van der Waals surface area contributed by atoms with Crippen molar-refractivity contribution in [3.63, 3.8) is 0 Å². The van der Waals surface area contributed by atoms with Crippen LogP contribution < -0.4 is 5.32 Å². The van der Waals surface area contributed by atoms with Crippen LogP contribution in [-0.2, 0) is 14.4 Å². The monoisotopic (exact) mass is 342 g/mol. The number of nitrogens with one attached hydrogen (secondary N) is 1. The highest BCUT2D eigenvalue weighted by Crippen LogP contribution is 2.59. The summed E-state index contributed by atoms with van der Waals surface area (Å²) < 4.78 is 0. The molecule has 0 heterocycles. The van der Waals surface area contributed by atoms with E-state index in [-0.39, 0.29) is 44.0 Å². The topological polar surface area (TPSA) is 185 Å².